The molecule has 2 heterocycles. The Kier molecular flexibility index (Phi) is 3.25. The molecule has 1 fully saturated rings. The standard InChI is InChI=1S/C11H14N2O2S2/c1-11(2-3-17(14,15)8-11)13-6-10-4-9(5-12)7-16-10/h4,7,13H,2-3,6,8H2,1H3. The zero-order chi connectivity index (χ0) is 12.5. The average molecular weight is 270 g/mol. The molecule has 0 bridgehead atoms. The molecule has 1 aromatic rings. The molecule has 0 spiro atoms. The summed E-state index contributed by atoms with van der Waals surface area (Å²) in [7, 11) is -2.87. The van der Waals surface area contributed by atoms with E-state index in [4.69, 9.17) is 5.26 Å². The number of nitrogens with one attached hydrogen (secondary N) is 1. The molecule has 0 amide bonds. The van der Waals surface area contributed by atoms with E-state index in [2.05, 4.69) is 11.4 Å². The first-order chi connectivity index (χ1) is 7.92. The van der Waals surface area contributed by atoms with E-state index in [1.165, 1.54) is 11.3 Å². The molecule has 1 N–H and O–H groups in total. The first-order valence-electron chi connectivity index (χ1n) is 5.35. The second-order valence-corrected chi connectivity index (χ2v) is 7.85. The van der Waals surface area contributed by atoms with Gasteiger partial charge >= 0.3 is 0 Å². The topological polar surface area (TPSA) is 70.0 Å². The molecular formula is C11H14N2O2S2. The third-order valence-corrected chi connectivity index (χ3v) is 5.82. The maximum atomic E-state index is 11.4. The van der Waals surface area contributed by atoms with E-state index in [0.29, 0.717) is 18.5 Å². The van der Waals surface area contributed by atoms with E-state index < -0.39 is 9.84 Å². The fourth-order valence-corrected chi connectivity index (χ4v) is 4.85. The van der Waals surface area contributed by atoms with Crippen LogP contribution in [-0.2, 0) is 16.4 Å². The maximum absolute atomic E-state index is 11.4. The Balaban J connectivity index is 1.97. The molecular weight excluding hydrogens is 256 g/mol. The minimum Gasteiger partial charge on any atom is -0.306 e. The van der Waals surface area contributed by atoms with Crippen LogP contribution in [0.25, 0.3) is 0 Å². The van der Waals surface area contributed by atoms with E-state index in [-0.39, 0.29) is 17.0 Å². The molecule has 17 heavy (non-hydrogen) atoms. The molecule has 6 heteroatoms. The number of nitrogens with zero attached hydrogens (tertiary/aromatic N) is 1. The molecule has 4 nitrogen and oxygen atoms in total. The van der Waals surface area contributed by atoms with Gasteiger partial charge in [-0.3, -0.25) is 0 Å². The van der Waals surface area contributed by atoms with Gasteiger partial charge < -0.3 is 5.32 Å². The molecule has 1 aliphatic heterocycles. The first kappa shape index (κ1) is 12.6. The molecule has 0 aromatic carbocycles. The molecule has 1 atom stereocenters. The zero-order valence-electron chi connectivity index (χ0n) is 9.56. The third kappa shape index (κ3) is 3.06. The van der Waals surface area contributed by atoms with Crippen LogP contribution in [0, 0.1) is 11.3 Å². The normalized spacial score (nSPS) is 26.8. The van der Waals surface area contributed by atoms with Crippen molar-refractivity contribution in [3.8, 4) is 6.07 Å². The summed E-state index contributed by atoms with van der Waals surface area (Å²) in [5, 5.41) is 13.8. The second-order valence-electron chi connectivity index (χ2n) is 4.67. The Bertz CT molecular complexity index is 556. The molecule has 92 valence electrons. The second kappa shape index (κ2) is 4.41. The molecule has 0 saturated carbocycles. The Hall–Kier alpha value is -0.900. The lowest BCUT2D eigenvalue weighted by atomic mass is 10.0. The van der Waals surface area contributed by atoms with Gasteiger partial charge in [0.1, 0.15) is 6.07 Å². The lowest BCUT2D eigenvalue weighted by Gasteiger charge is -2.23. The summed E-state index contributed by atoms with van der Waals surface area (Å²) in [6.45, 7) is 2.56. The highest BCUT2D eigenvalue weighted by Crippen LogP contribution is 2.24. The van der Waals surface area contributed by atoms with Crippen LogP contribution in [0.5, 0.6) is 0 Å². The van der Waals surface area contributed by atoms with Crippen LogP contribution in [0.2, 0.25) is 0 Å². The summed E-state index contributed by atoms with van der Waals surface area (Å²) in [6.07, 6.45) is 0.659. The monoisotopic (exact) mass is 270 g/mol. The van der Waals surface area contributed by atoms with Crippen LogP contribution in [0.4, 0.5) is 0 Å². The van der Waals surface area contributed by atoms with Gasteiger partial charge in [0, 0.05) is 22.3 Å². The van der Waals surface area contributed by atoms with Crippen LogP contribution < -0.4 is 5.32 Å². The molecule has 1 unspecified atom stereocenters. The van der Waals surface area contributed by atoms with Crippen molar-refractivity contribution in [2.75, 3.05) is 11.5 Å². The summed E-state index contributed by atoms with van der Waals surface area (Å²) < 4.78 is 22.9. The van der Waals surface area contributed by atoms with Crippen molar-refractivity contribution in [2.45, 2.75) is 25.4 Å². The smallest absolute Gasteiger partial charge is 0.152 e. The van der Waals surface area contributed by atoms with Gasteiger partial charge in [-0.05, 0) is 19.4 Å². The van der Waals surface area contributed by atoms with Crippen molar-refractivity contribution >= 4 is 21.2 Å². The lowest BCUT2D eigenvalue weighted by molar-refractivity contribution is 0.397. The van der Waals surface area contributed by atoms with E-state index >= 15 is 0 Å². The van der Waals surface area contributed by atoms with E-state index in [0.717, 1.165) is 4.88 Å². The van der Waals surface area contributed by atoms with Crippen molar-refractivity contribution < 1.29 is 8.42 Å². The summed E-state index contributed by atoms with van der Waals surface area (Å²) >= 11 is 1.52. The van der Waals surface area contributed by atoms with Gasteiger partial charge in [0.05, 0.1) is 17.1 Å². The maximum Gasteiger partial charge on any atom is 0.152 e. The van der Waals surface area contributed by atoms with Crippen LogP contribution in [-0.4, -0.2) is 25.5 Å². The minimum atomic E-state index is -2.87. The fraction of sp³-hybridized carbons (Fsp3) is 0.545. The molecule has 1 saturated heterocycles. The number of thiophene rings is 1. The minimum absolute atomic E-state index is 0.205. The summed E-state index contributed by atoms with van der Waals surface area (Å²) in [5.41, 5.74) is 0.339. The number of nitriles is 1. The number of hydrogen-bond donors (Lipinski definition) is 1. The van der Waals surface area contributed by atoms with Crippen LogP contribution in [0.3, 0.4) is 0 Å². The first-order valence-corrected chi connectivity index (χ1v) is 8.06. The Morgan fingerprint density at radius 3 is 2.94 bits per heavy atom. The highest BCUT2D eigenvalue weighted by Gasteiger charge is 2.37. The quantitative estimate of drug-likeness (QED) is 0.898. The predicted octanol–water partition coefficient (Wildman–Crippen LogP) is 1.29. The average Bonchev–Trinajstić information content (AvgIpc) is 2.81. The van der Waals surface area contributed by atoms with Crippen molar-refractivity contribution in [1.29, 1.82) is 5.26 Å². The van der Waals surface area contributed by atoms with Gasteiger partial charge in [-0.1, -0.05) is 0 Å². The number of sulfone groups is 1. The van der Waals surface area contributed by atoms with Crippen LogP contribution >= 0.6 is 11.3 Å². The van der Waals surface area contributed by atoms with Crippen molar-refractivity contribution in [2.24, 2.45) is 0 Å². The van der Waals surface area contributed by atoms with Crippen molar-refractivity contribution in [3.63, 3.8) is 0 Å². The molecule has 2 rings (SSSR count). The third-order valence-electron chi connectivity index (χ3n) is 2.98. The van der Waals surface area contributed by atoms with E-state index in [1.54, 1.807) is 0 Å². The highest BCUT2D eigenvalue weighted by atomic mass is 32.2. The molecule has 1 aromatic heterocycles. The summed E-state index contributed by atoms with van der Waals surface area (Å²) in [5.74, 6) is 0.473. The van der Waals surface area contributed by atoms with Gasteiger partial charge in [0.25, 0.3) is 0 Å². The predicted molar refractivity (Wildman–Crippen MR) is 67.5 cm³/mol. The Morgan fingerprint density at radius 1 is 1.65 bits per heavy atom. The van der Waals surface area contributed by atoms with Gasteiger partial charge in [-0.15, -0.1) is 11.3 Å². The Morgan fingerprint density at radius 2 is 2.41 bits per heavy atom. The van der Waals surface area contributed by atoms with Crippen LogP contribution in [0.1, 0.15) is 23.8 Å². The highest BCUT2D eigenvalue weighted by molar-refractivity contribution is 7.91. The van der Waals surface area contributed by atoms with Crippen molar-refractivity contribution in [1.82, 2.24) is 5.32 Å². The van der Waals surface area contributed by atoms with Gasteiger partial charge in [0.2, 0.25) is 0 Å². The summed E-state index contributed by atoms with van der Waals surface area (Å²) in [4.78, 5) is 1.06. The molecule has 1 aliphatic rings. The Labute approximate surface area is 105 Å². The van der Waals surface area contributed by atoms with E-state index in [1.807, 2.05) is 18.4 Å². The van der Waals surface area contributed by atoms with Crippen molar-refractivity contribution in [3.05, 3.63) is 21.9 Å². The molecule has 0 radical (unpaired) electrons. The van der Waals surface area contributed by atoms with E-state index in [9.17, 15) is 8.42 Å². The number of hydrogen-bond acceptors (Lipinski definition) is 5. The summed E-state index contributed by atoms with van der Waals surface area (Å²) in [6, 6.07) is 3.92. The molecule has 0 aliphatic carbocycles. The van der Waals surface area contributed by atoms with Gasteiger partial charge in [0.15, 0.2) is 9.84 Å². The largest absolute Gasteiger partial charge is 0.306 e. The lowest BCUT2D eigenvalue weighted by Crippen LogP contribution is -2.42. The fourth-order valence-electron chi connectivity index (χ4n) is 1.98. The van der Waals surface area contributed by atoms with Crippen LogP contribution in [0.15, 0.2) is 11.4 Å². The van der Waals surface area contributed by atoms with Gasteiger partial charge in [-0.25, -0.2) is 8.42 Å². The zero-order valence-corrected chi connectivity index (χ0v) is 11.2. The SMILES string of the molecule is CC1(NCc2cc(C#N)cs2)CCS(=O)(=O)C1. The van der Waals surface area contributed by atoms with Gasteiger partial charge in [-0.2, -0.15) is 5.26 Å². The number of rotatable bonds is 3.